The van der Waals surface area contributed by atoms with Crippen molar-refractivity contribution in [1.82, 2.24) is 24.8 Å². The van der Waals surface area contributed by atoms with Crippen LogP contribution < -0.4 is 10.9 Å². The maximum atomic E-state index is 13.2. The van der Waals surface area contributed by atoms with Gasteiger partial charge in [0.1, 0.15) is 5.82 Å². The molecule has 2 heterocycles. The fourth-order valence-electron chi connectivity index (χ4n) is 2.51. The first kappa shape index (κ1) is 17.9. The number of benzene rings is 2. The Morgan fingerprint density at radius 2 is 1.96 bits per heavy atom. The maximum Gasteiger partial charge on any atom is 0.279 e. The molecule has 0 aliphatic heterocycles. The van der Waals surface area contributed by atoms with Gasteiger partial charge in [-0.15, -0.1) is 10.2 Å². The predicted molar refractivity (Wildman–Crippen MR) is 103 cm³/mol. The molecular weight excluding hydrogens is 383 g/mol. The minimum atomic E-state index is -0.435. The normalized spacial score (nSPS) is 10.9. The average molecular weight is 396 g/mol. The lowest BCUT2D eigenvalue weighted by molar-refractivity contribution is -0.113. The summed E-state index contributed by atoms with van der Waals surface area (Å²) >= 11 is 1.10. The molecule has 0 saturated carbocycles. The van der Waals surface area contributed by atoms with Gasteiger partial charge in [-0.05, 0) is 18.2 Å². The third kappa shape index (κ3) is 3.76. The van der Waals surface area contributed by atoms with E-state index in [-0.39, 0.29) is 28.7 Å². The Kier molecular flexibility index (Phi) is 4.85. The van der Waals surface area contributed by atoms with Crippen LogP contribution >= 0.6 is 11.8 Å². The quantitative estimate of drug-likeness (QED) is 0.502. The molecule has 0 saturated heterocycles. The number of anilines is 1. The Labute approximate surface area is 161 Å². The van der Waals surface area contributed by atoms with Crippen molar-refractivity contribution in [3.63, 3.8) is 0 Å². The highest BCUT2D eigenvalue weighted by atomic mass is 32.2. The molecule has 4 aromatic rings. The average Bonchev–Trinajstić information content (AvgIpc) is 3.08. The van der Waals surface area contributed by atoms with E-state index in [4.69, 9.17) is 0 Å². The number of nitrogens with zero attached hydrogens (tertiary/aromatic N) is 4. The first-order valence-electron chi connectivity index (χ1n) is 8.19. The van der Waals surface area contributed by atoms with Crippen LogP contribution in [0.1, 0.15) is 0 Å². The number of nitrogens with one attached hydrogen (secondary N) is 2. The van der Waals surface area contributed by atoms with Gasteiger partial charge in [0.2, 0.25) is 11.1 Å². The number of aromatic nitrogens is 5. The van der Waals surface area contributed by atoms with Gasteiger partial charge in [-0.25, -0.2) is 4.39 Å². The summed E-state index contributed by atoms with van der Waals surface area (Å²) in [7, 11) is 0. The minimum Gasteiger partial charge on any atom is -0.325 e. The van der Waals surface area contributed by atoms with Gasteiger partial charge in [0, 0.05) is 11.3 Å². The van der Waals surface area contributed by atoms with Crippen molar-refractivity contribution in [2.45, 2.75) is 5.16 Å². The summed E-state index contributed by atoms with van der Waals surface area (Å²) in [6.45, 7) is 0. The first-order chi connectivity index (χ1) is 13.6. The predicted octanol–water partition coefficient (Wildman–Crippen LogP) is 2.35. The number of carbonyl (C=O) groups excluding carboxylic acids is 1. The van der Waals surface area contributed by atoms with E-state index in [1.165, 1.54) is 22.7 Å². The molecule has 4 rings (SSSR count). The van der Waals surface area contributed by atoms with Gasteiger partial charge in [0.15, 0.2) is 5.69 Å². The van der Waals surface area contributed by atoms with Gasteiger partial charge in [-0.3, -0.25) is 14.6 Å². The first-order valence-corrected chi connectivity index (χ1v) is 9.18. The molecule has 2 aromatic heterocycles. The Bertz CT molecular complexity index is 1210. The fraction of sp³-hybridized carbons (Fsp3) is 0.0556. The number of hydrogen-bond donors (Lipinski definition) is 2. The zero-order valence-electron chi connectivity index (χ0n) is 14.3. The number of thioether (sulfide) groups is 1. The molecule has 8 nitrogen and oxygen atoms in total. The summed E-state index contributed by atoms with van der Waals surface area (Å²) in [4.78, 5) is 27.0. The Morgan fingerprint density at radius 3 is 2.75 bits per heavy atom. The second kappa shape index (κ2) is 7.61. The lowest BCUT2D eigenvalue weighted by Crippen LogP contribution is -2.16. The summed E-state index contributed by atoms with van der Waals surface area (Å²) in [5.74, 6) is -0.577. The Hall–Kier alpha value is -3.53. The number of rotatable bonds is 5. The summed E-state index contributed by atoms with van der Waals surface area (Å²) in [6.07, 6.45) is 0. The molecule has 2 aromatic carbocycles. The van der Waals surface area contributed by atoms with Crippen LogP contribution in [-0.2, 0) is 4.79 Å². The molecule has 0 spiro atoms. The topological polar surface area (TPSA) is 105 Å². The summed E-state index contributed by atoms with van der Waals surface area (Å²) < 4.78 is 14.6. The molecule has 0 radical (unpaired) electrons. The molecule has 0 aliphatic rings. The highest BCUT2D eigenvalue weighted by Gasteiger charge is 2.14. The van der Waals surface area contributed by atoms with E-state index in [1.54, 1.807) is 30.3 Å². The third-order valence-corrected chi connectivity index (χ3v) is 4.66. The van der Waals surface area contributed by atoms with E-state index in [2.05, 4.69) is 25.6 Å². The van der Waals surface area contributed by atoms with Crippen molar-refractivity contribution in [1.29, 1.82) is 0 Å². The molecular formula is C18H13FN6O2S. The standard InChI is InChI=1S/C18H13FN6O2S/c19-12-7-4-8-13(9-12)20-14(26)10-28-18-23-22-17-21-16(27)15(24-25(17)18)11-5-2-1-3-6-11/h1-9H,10H2,(H,20,26)(H,21,22,27). The van der Waals surface area contributed by atoms with Gasteiger partial charge in [0.25, 0.3) is 11.3 Å². The van der Waals surface area contributed by atoms with Crippen molar-refractivity contribution in [2.24, 2.45) is 0 Å². The summed E-state index contributed by atoms with van der Waals surface area (Å²) in [5, 5.41) is 15.1. The smallest absolute Gasteiger partial charge is 0.279 e. The van der Waals surface area contributed by atoms with Crippen LogP contribution in [0, 0.1) is 5.82 Å². The number of amides is 1. The van der Waals surface area contributed by atoms with Crippen LogP contribution in [0.4, 0.5) is 10.1 Å². The lowest BCUT2D eigenvalue weighted by atomic mass is 10.2. The number of aromatic amines is 1. The van der Waals surface area contributed by atoms with Gasteiger partial charge < -0.3 is 5.32 Å². The molecule has 1 amide bonds. The van der Waals surface area contributed by atoms with Gasteiger partial charge in [-0.1, -0.05) is 48.2 Å². The van der Waals surface area contributed by atoms with E-state index in [0.29, 0.717) is 16.4 Å². The molecule has 10 heteroatoms. The highest BCUT2D eigenvalue weighted by molar-refractivity contribution is 7.99. The van der Waals surface area contributed by atoms with E-state index in [9.17, 15) is 14.0 Å². The highest BCUT2D eigenvalue weighted by Crippen LogP contribution is 2.18. The number of H-pyrrole nitrogens is 1. The molecule has 0 aliphatic carbocycles. The molecule has 0 fully saturated rings. The second-order valence-electron chi connectivity index (χ2n) is 5.73. The maximum absolute atomic E-state index is 13.2. The number of halogens is 1. The van der Waals surface area contributed by atoms with Gasteiger partial charge in [-0.2, -0.15) is 9.61 Å². The molecule has 0 bridgehead atoms. The molecule has 2 N–H and O–H groups in total. The minimum absolute atomic E-state index is 0.0127. The van der Waals surface area contributed by atoms with Crippen LogP contribution in [0.3, 0.4) is 0 Å². The van der Waals surface area contributed by atoms with Crippen LogP contribution in [0.25, 0.3) is 17.0 Å². The van der Waals surface area contributed by atoms with Crippen molar-refractivity contribution in [3.05, 3.63) is 70.8 Å². The molecule has 140 valence electrons. The Morgan fingerprint density at radius 1 is 1.14 bits per heavy atom. The zero-order valence-corrected chi connectivity index (χ0v) is 15.1. The van der Waals surface area contributed by atoms with Crippen molar-refractivity contribution < 1.29 is 9.18 Å². The van der Waals surface area contributed by atoms with Crippen molar-refractivity contribution in [2.75, 3.05) is 11.1 Å². The van der Waals surface area contributed by atoms with Crippen LogP contribution in [0.5, 0.6) is 0 Å². The number of fused-ring (bicyclic) bond motifs is 1. The van der Waals surface area contributed by atoms with Gasteiger partial charge >= 0.3 is 0 Å². The zero-order chi connectivity index (χ0) is 19.5. The summed E-state index contributed by atoms with van der Waals surface area (Å²) in [5.41, 5.74) is 0.857. The Balaban J connectivity index is 1.54. The largest absolute Gasteiger partial charge is 0.325 e. The number of carbonyl (C=O) groups is 1. The van der Waals surface area contributed by atoms with E-state index in [1.807, 2.05) is 6.07 Å². The van der Waals surface area contributed by atoms with Crippen LogP contribution in [-0.4, -0.2) is 36.5 Å². The second-order valence-corrected chi connectivity index (χ2v) is 6.68. The van der Waals surface area contributed by atoms with Crippen LogP contribution in [0.15, 0.2) is 64.5 Å². The van der Waals surface area contributed by atoms with Crippen molar-refractivity contribution in [3.8, 4) is 11.3 Å². The SMILES string of the molecule is O=C(CSc1nnc2[nH]c(=O)c(-c3ccccc3)nn12)Nc1cccc(F)c1. The number of hydrogen-bond acceptors (Lipinski definition) is 6. The van der Waals surface area contributed by atoms with Crippen molar-refractivity contribution >= 4 is 29.1 Å². The fourth-order valence-corrected chi connectivity index (χ4v) is 3.19. The van der Waals surface area contributed by atoms with E-state index in [0.717, 1.165) is 11.8 Å². The summed E-state index contributed by atoms with van der Waals surface area (Å²) in [6, 6.07) is 14.6. The molecule has 0 atom stereocenters. The monoisotopic (exact) mass is 396 g/mol. The molecule has 28 heavy (non-hydrogen) atoms. The van der Waals surface area contributed by atoms with Crippen LogP contribution in [0.2, 0.25) is 0 Å². The lowest BCUT2D eigenvalue weighted by Gasteiger charge is -2.05. The van der Waals surface area contributed by atoms with Gasteiger partial charge in [0.05, 0.1) is 5.75 Å². The van der Waals surface area contributed by atoms with E-state index >= 15 is 0 Å². The van der Waals surface area contributed by atoms with E-state index < -0.39 is 5.82 Å². The molecule has 0 unspecified atom stereocenters. The third-order valence-electron chi connectivity index (χ3n) is 3.74.